The standard InChI is InChI=1S/C21H22N4O4/c1-4-29-21(27)19-18(20(26)16-10-5-13(2)11-17(16)22)23-24-25(19)12-14-6-8-15(28-3)9-7-14/h5-11H,4,12,22H2,1-3H3. The van der Waals surface area contributed by atoms with Gasteiger partial charge >= 0.3 is 5.97 Å². The van der Waals surface area contributed by atoms with Gasteiger partial charge in [0.15, 0.2) is 11.4 Å². The molecule has 8 heteroatoms. The zero-order chi connectivity index (χ0) is 21.0. The summed E-state index contributed by atoms with van der Waals surface area (Å²) in [5.41, 5.74) is 8.26. The number of nitrogens with two attached hydrogens (primary N) is 1. The molecule has 1 aromatic heterocycles. The molecule has 0 unspecified atom stereocenters. The molecule has 0 aliphatic carbocycles. The number of carbonyl (C=O) groups excluding carboxylic acids is 2. The van der Waals surface area contributed by atoms with Gasteiger partial charge in [-0.05, 0) is 49.2 Å². The van der Waals surface area contributed by atoms with Crippen LogP contribution >= 0.6 is 0 Å². The van der Waals surface area contributed by atoms with E-state index in [0.717, 1.165) is 11.1 Å². The highest BCUT2D eigenvalue weighted by molar-refractivity contribution is 6.15. The van der Waals surface area contributed by atoms with E-state index in [1.54, 1.807) is 44.4 Å². The lowest BCUT2D eigenvalue weighted by molar-refractivity contribution is 0.0509. The third kappa shape index (κ3) is 4.26. The van der Waals surface area contributed by atoms with Crippen molar-refractivity contribution in [3.05, 3.63) is 70.5 Å². The Morgan fingerprint density at radius 3 is 2.48 bits per heavy atom. The molecular formula is C21H22N4O4. The van der Waals surface area contributed by atoms with Crippen LogP contribution in [0.15, 0.2) is 42.5 Å². The molecule has 0 aliphatic rings. The van der Waals surface area contributed by atoms with Crippen LogP contribution < -0.4 is 10.5 Å². The van der Waals surface area contributed by atoms with Gasteiger partial charge in [-0.25, -0.2) is 9.48 Å². The fourth-order valence-corrected chi connectivity index (χ4v) is 2.90. The Morgan fingerprint density at radius 1 is 1.14 bits per heavy atom. The summed E-state index contributed by atoms with van der Waals surface area (Å²) in [6, 6.07) is 12.4. The molecule has 0 spiro atoms. The van der Waals surface area contributed by atoms with Gasteiger partial charge in [0.25, 0.3) is 0 Å². The molecule has 0 amide bonds. The van der Waals surface area contributed by atoms with Crippen molar-refractivity contribution >= 4 is 17.4 Å². The molecule has 0 aliphatic heterocycles. The molecule has 3 aromatic rings. The van der Waals surface area contributed by atoms with Crippen LogP contribution in [0, 0.1) is 6.92 Å². The quantitative estimate of drug-likeness (QED) is 0.373. The van der Waals surface area contributed by atoms with Gasteiger partial charge in [-0.3, -0.25) is 4.79 Å². The largest absolute Gasteiger partial charge is 0.497 e. The molecule has 1 heterocycles. The topological polar surface area (TPSA) is 109 Å². The Morgan fingerprint density at radius 2 is 1.86 bits per heavy atom. The number of nitrogen functional groups attached to an aromatic ring is 1. The number of rotatable bonds is 7. The maximum absolute atomic E-state index is 13.0. The summed E-state index contributed by atoms with van der Waals surface area (Å²) in [6.07, 6.45) is 0. The van der Waals surface area contributed by atoms with Gasteiger partial charge in [0.2, 0.25) is 5.78 Å². The zero-order valence-corrected chi connectivity index (χ0v) is 16.5. The Labute approximate surface area is 168 Å². The second kappa shape index (κ2) is 8.55. The number of anilines is 1. The molecule has 2 aromatic carbocycles. The summed E-state index contributed by atoms with van der Waals surface area (Å²) >= 11 is 0. The van der Waals surface area contributed by atoms with E-state index >= 15 is 0 Å². The van der Waals surface area contributed by atoms with E-state index in [-0.39, 0.29) is 30.1 Å². The van der Waals surface area contributed by atoms with E-state index in [4.69, 9.17) is 15.2 Å². The van der Waals surface area contributed by atoms with Gasteiger partial charge in [-0.15, -0.1) is 5.10 Å². The second-order valence-corrected chi connectivity index (χ2v) is 6.43. The molecule has 29 heavy (non-hydrogen) atoms. The molecule has 0 radical (unpaired) electrons. The minimum atomic E-state index is -0.667. The number of aryl methyl sites for hydroxylation is 1. The Balaban J connectivity index is 2.00. The van der Waals surface area contributed by atoms with Crippen LogP contribution in [0.25, 0.3) is 0 Å². The van der Waals surface area contributed by atoms with E-state index < -0.39 is 11.8 Å². The maximum Gasteiger partial charge on any atom is 0.359 e. The molecule has 3 rings (SSSR count). The highest BCUT2D eigenvalue weighted by Gasteiger charge is 2.28. The third-order valence-electron chi connectivity index (χ3n) is 4.36. The van der Waals surface area contributed by atoms with E-state index in [1.807, 2.05) is 19.1 Å². The number of aromatic nitrogens is 3. The van der Waals surface area contributed by atoms with Crippen molar-refractivity contribution in [3.63, 3.8) is 0 Å². The van der Waals surface area contributed by atoms with E-state index in [0.29, 0.717) is 11.4 Å². The second-order valence-electron chi connectivity index (χ2n) is 6.43. The number of esters is 1. The summed E-state index contributed by atoms with van der Waals surface area (Å²) in [6.45, 7) is 3.96. The van der Waals surface area contributed by atoms with Crippen molar-refractivity contribution in [1.82, 2.24) is 15.0 Å². The Hall–Kier alpha value is -3.68. The zero-order valence-electron chi connectivity index (χ0n) is 16.5. The van der Waals surface area contributed by atoms with Crippen LogP contribution in [0.2, 0.25) is 0 Å². The minimum Gasteiger partial charge on any atom is -0.497 e. The van der Waals surface area contributed by atoms with Gasteiger partial charge in [0, 0.05) is 11.3 Å². The summed E-state index contributed by atoms with van der Waals surface area (Å²) in [5, 5.41) is 8.00. The molecule has 2 N–H and O–H groups in total. The minimum absolute atomic E-state index is 0.00681. The highest BCUT2D eigenvalue weighted by Crippen LogP contribution is 2.21. The average Bonchev–Trinajstić information content (AvgIpc) is 3.12. The van der Waals surface area contributed by atoms with Gasteiger partial charge < -0.3 is 15.2 Å². The number of benzene rings is 2. The van der Waals surface area contributed by atoms with Crippen molar-refractivity contribution in [3.8, 4) is 5.75 Å². The van der Waals surface area contributed by atoms with Gasteiger partial charge in [-0.2, -0.15) is 0 Å². The number of nitrogens with zero attached hydrogens (tertiary/aromatic N) is 3. The molecule has 0 saturated carbocycles. The summed E-state index contributed by atoms with van der Waals surface area (Å²) in [5.74, 6) is -0.435. The van der Waals surface area contributed by atoms with Crippen LogP contribution in [0.1, 0.15) is 44.6 Å². The fraction of sp³-hybridized carbons (Fsp3) is 0.238. The van der Waals surface area contributed by atoms with Gasteiger partial charge in [-0.1, -0.05) is 23.4 Å². The number of carbonyl (C=O) groups is 2. The van der Waals surface area contributed by atoms with Crippen LogP contribution in [0.5, 0.6) is 5.75 Å². The number of ketones is 1. The summed E-state index contributed by atoms with van der Waals surface area (Å²) in [7, 11) is 1.58. The molecule has 8 nitrogen and oxygen atoms in total. The normalized spacial score (nSPS) is 10.6. The monoisotopic (exact) mass is 394 g/mol. The van der Waals surface area contributed by atoms with E-state index in [1.165, 1.54) is 4.68 Å². The van der Waals surface area contributed by atoms with Crippen molar-refractivity contribution in [2.75, 3.05) is 19.5 Å². The highest BCUT2D eigenvalue weighted by atomic mass is 16.5. The fourth-order valence-electron chi connectivity index (χ4n) is 2.90. The van der Waals surface area contributed by atoms with Crippen molar-refractivity contribution in [2.24, 2.45) is 0 Å². The number of methoxy groups -OCH3 is 1. The van der Waals surface area contributed by atoms with E-state index in [2.05, 4.69) is 10.3 Å². The first-order valence-electron chi connectivity index (χ1n) is 9.09. The van der Waals surface area contributed by atoms with E-state index in [9.17, 15) is 9.59 Å². The molecule has 0 saturated heterocycles. The summed E-state index contributed by atoms with van der Waals surface area (Å²) < 4.78 is 11.6. The number of hydrogen-bond acceptors (Lipinski definition) is 7. The molecular weight excluding hydrogens is 372 g/mol. The van der Waals surface area contributed by atoms with Crippen molar-refractivity contribution in [1.29, 1.82) is 0 Å². The van der Waals surface area contributed by atoms with Crippen LogP contribution in [-0.2, 0) is 11.3 Å². The maximum atomic E-state index is 13.0. The first kappa shape index (κ1) is 20.1. The van der Waals surface area contributed by atoms with Crippen LogP contribution in [-0.4, -0.2) is 40.5 Å². The van der Waals surface area contributed by atoms with Gasteiger partial charge in [0.1, 0.15) is 5.75 Å². The first-order valence-corrected chi connectivity index (χ1v) is 9.09. The Kier molecular flexibility index (Phi) is 5.92. The predicted molar refractivity (Wildman–Crippen MR) is 107 cm³/mol. The Bertz CT molecular complexity index is 1040. The van der Waals surface area contributed by atoms with Crippen LogP contribution in [0.4, 0.5) is 5.69 Å². The lowest BCUT2D eigenvalue weighted by Gasteiger charge is -2.09. The van der Waals surface area contributed by atoms with Gasteiger partial charge in [0.05, 0.1) is 20.3 Å². The smallest absolute Gasteiger partial charge is 0.359 e. The SMILES string of the molecule is CCOC(=O)c1c(C(=O)c2ccc(C)cc2N)nnn1Cc1ccc(OC)cc1. The predicted octanol–water partition coefficient (Wildman–Crippen LogP) is 2.63. The molecule has 0 bridgehead atoms. The van der Waals surface area contributed by atoms with Crippen LogP contribution in [0.3, 0.4) is 0 Å². The lowest BCUT2D eigenvalue weighted by atomic mass is 10.0. The lowest BCUT2D eigenvalue weighted by Crippen LogP contribution is -2.18. The number of ether oxygens (including phenoxy) is 2. The number of hydrogen-bond donors (Lipinski definition) is 1. The van der Waals surface area contributed by atoms with Crippen molar-refractivity contribution in [2.45, 2.75) is 20.4 Å². The average molecular weight is 394 g/mol. The summed E-state index contributed by atoms with van der Waals surface area (Å²) in [4.78, 5) is 25.6. The van der Waals surface area contributed by atoms with Crippen molar-refractivity contribution < 1.29 is 19.1 Å². The molecule has 0 fully saturated rings. The third-order valence-corrected chi connectivity index (χ3v) is 4.36. The molecule has 150 valence electrons. The molecule has 0 atom stereocenters. The first-order chi connectivity index (χ1) is 13.9.